The molecule has 0 aromatic heterocycles. The van der Waals surface area contributed by atoms with Crippen molar-refractivity contribution in [2.75, 3.05) is 5.73 Å². The molecule has 0 aliphatic heterocycles. The number of hydrogen-bond donors (Lipinski definition) is 1. The topological polar surface area (TPSA) is 35.2 Å². The highest BCUT2D eigenvalue weighted by Crippen LogP contribution is 2.34. The quantitative estimate of drug-likeness (QED) is 0.840. The summed E-state index contributed by atoms with van der Waals surface area (Å²) in [6.45, 7) is 2.25. The summed E-state index contributed by atoms with van der Waals surface area (Å²) in [6, 6.07) is 5.75. The van der Waals surface area contributed by atoms with E-state index in [0.717, 1.165) is 15.9 Å². The van der Waals surface area contributed by atoms with Gasteiger partial charge >= 0.3 is 0 Å². The van der Waals surface area contributed by atoms with Crippen LogP contribution in [-0.4, -0.2) is 6.10 Å². The van der Waals surface area contributed by atoms with Crippen molar-refractivity contribution in [1.82, 2.24) is 0 Å². The van der Waals surface area contributed by atoms with Crippen LogP contribution in [0.1, 0.15) is 39.0 Å². The Morgan fingerprint density at radius 1 is 1.35 bits per heavy atom. The van der Waals surface area contributed by atoms with Gasteiger partial charge in [0.15, 0.2) is 0 Å². The Morgan fingerprint density at radius 3 is 2.82 bits per heavy atom. The maximum absolute atomic E-state index is 6.14. The third kappa shape index (κ3) is 3.15. The average molecular weight is 298 g/mol. The number of nitrogen functional groups attached to an aromatic ring is 1. The summed E-state index contributed by atoms with van der Waals surface area (Å²) in [5, 5.41) is 0. The molecule has 1 aliphatic rings. The van der Waals surface area contributed by atoms with E-state index in [2.05, 4.69) is 22.9 Å². The van der Waals surface area contributed by atoms with Crippen LogP contribution in [0.25, 0.3) is 0 Å². The van der Waals surface area contributed by atoms with Crippen LogP contribution in [0.3, 0.4) is 0 Å². The molecule has 0 heterocycles. The first-order valence-corrected chi connectivity index (χ1v) is 7.21. The molecule has 2 nitrogen and oxygen atoms in total. The van der Waals surface area contributed by atoms with Crippen molar-refractivity contribution in [3.63, 3.8) is 0 Å². The van der Waals surface area contributed by atoms with Crippen molar-refractivity contribution < 1.29 is 4.74 Å². The molecular formula is C14H20BrNO. The van der Waals surface area contributed by atoms with Gasteiger partial charge in [0.25, 0.3) is 0 Å². The molecule has 0 radical (unpaired) electrons. The fourth-order valence-electron chi connectivity index (χ4n) is 2.57. The number of ether oxygens (including phenoxy) is 1. The number of benzene rings is 1. The van der Waals surface area contributed by atoms with E-state index >= 15 is 0 Å². The number of halogens is 1. The Hall–Kier alpha value is -0.700. The molecular weight excluding hydrogens is 278 g/mol. The summed E-state index contributed by atoms with van der Waals surface area (Å²) in [4.78, 5) is 0. The van der Waals surface area contributed by atoms with E-state index in [-0.39, 0.29) is 0 Å². The standard InChI is InChI=1S/C14H20BrNO/c1-2-10-5-3-4-6-13(10)17-14-8-7-11(16)9-12(14)15/h7-10,13H,2-6,16H2,1H3. The van der Waals surface area contributed by atoms with Gasteiger partial charge in [-0.2, -0.15) is 0 Å². The lowest BCUT2D eigenvalue weighted by Gasteiger charge is -2.31. The summed E-state index contributed by atoms with van der Waals surface area (Å²) >= 11 is 3.51. The lowest BCUT2D eigenvalue weighted by atomic mass is 9.85. The van der Waals surface area contributed by atoms with Gasteiger partial charge < -0.3 is 10.5 Å². The minimum absolute atomic E-state index is 0.369. The fraction of sp³-hybridized carbons (Fsp3) is 0.571. The molecule has 1 saturated carbocycles. The molecule has 0 bridgehead atoms. The van der Waals surface area contributed by atoms with Crippen molar-refractivity contribution in [2.45, 2.75) is 45.1 Å². The van der Waals surface area contributed by atoms with Gasteiger partial charge in [0.05, 0.1) is 4.47 Å². The molecule has 1 fully saturated rings. The number of hydrogen-bond acceptors (Lipinski definition) is 2. The van der Waals surface area contributed by atoms with Crippen LogP contribution in [0.2, 0.25) is 0 Å². The molecule has 1 aliphatic carbocycles. The molecule has 1 aromatic rings. The molecule has 3 heteroatoms. The van der Waals surface area contributed by atoms with E-state index in [0.29, 0.717) is 12.0 Å². The Balaban J connectivity index is 2.08. The first-order chi connectivity index (χ1) is 8.20. The maximum Gasteiger partial charge on any atom is 0.134 e. The summed E-state index contributed by atoms with van der Waals surface area (Å²) in [5.41, 5.74) is 6.49. The van der Waals surface area contributed by atoms with Gasteiger partial charge in [0, 0.05) is 5.69 Å². The molecule has 2 unspecified atom stereocenters. The average Bonchev–Trinajstić information content (AvgIpc) is 2.33. The molecule has 2 atom stereocenters. The lowest BCUT2D eigenvalue weighted by Crippen LogP contribution is -2.30. The third-order valence-corrected chi connectivity index (χ3v) is 4.22. The first-order valence-electron chi connectivity index (χ1n) is 6.42. The van der Waals surface area contributed by atoms with Crippen LogP contribution in [0.15, 0.2) is 22.7 Å². The second-order valence-corrected chi connectivity index (χ2v) is 5.65. The molecule has 94 valence electrons. The fourth-order valence-corrected chi connectivity index (χ4v) is 3.06. The van der Waals surface area contributed by atoms with Crippen LogP contribution in [0, 0.1) is 5.92 Å². The zero-order chi connectivity index (χ0) is 12.3. The molecule has 2 rings (SSSR count). The van der Waals surface area contributed by atoms with E-state index in [1.54, 1.807) is 0 Å². The molecule has 17 heavy (non-hydrogen) atoms. The van der Waals surface area contributed by atoms with Crippen molar-refractivity contribution in [1.29, 1.82) is 0 Å². The van der Waals surface area contributed by atoms with Crippen molar-refractivity contribution in [3.05, 3.63) is 22.7 Å². The molecule has 1 aromatic carbocycles. The highest BCUT2D eigenvalue weighted by molar-refractivity contribution is 9.10. The monoisotopic (exact) mass is 297 g/mol. The highest BCUT2D eigenvalue weighted by atomic mass is 79.9. The maximum atomic E-state index is 6.14. The van der Waals surface area contributed by atoms with E-state index in [9.17, 15) is 0 Å². The minimum atomic E-state index is 0.369. The molecule has 0 amide bonds. The van der Waals surface area contributed by atoms with E-state index in [1.165, 1.54) is 32.1 Å². The summed E-state index contributed by atoms with van der Waals surface area (Å²) in [7, 11) is 0. The Morgan fingerprint density at radius 2 is 2.12 bits per heavy atom. The zero-order valence-electron chi connectivity index (χ0n) is 10.3. The second-order valence-electron chi connectivity index (χ2n) is 4.80. The first kappa shape index (κ1) is 12.7. The molecule has 2 N–H and O–H groups in total. The summed E-state index contributed by atoms with van der Waals surface area (Å²) in [6.07, 6.45) is 6.68. The normalized spacial score (nSPS) is 24.6. The lowest BCUT2D eigenvalue weighted by molar-refractivity contribution is 0.0897. The highest BCUT2D eigenvalue weighted by Gasteiger charge is 2.25. The Bertz CT molecular complexity index is 380. The predicted octanol–water partition coefficient (Wildman–Crippen LogP) is 4.38. The Kier molecular flexibility index (Phi) is 4.32. The van der Waals surface area contributed by atoms with Gasteiger partial charge in [0.1, 0.15) is 11.9 Å². The van der Waals surface area contributed by atoms with Gasteiger partial charge in [-0.05, 0) is 65.7 Å². The van der Waals surface area contributed by atoms with E-state index < -0.39 is 0 Å². The summed E-state index contributed by atoms with van der Waals surface area (Å²) in [5.74, 6) is 1.62. The number of rotatable bonds is 3. The van der Waals surface area contributed by atoms with Gasteiger partial charge in [-0.3, -0.25) is 0 Å². The van der Waals surface area contributed by atoms with Gasteiger partial charge in [-0.1, -0.05) is 13.3 Å². The number of nitrogens with two attached hydrogens (primary N) is 1. The number of anilines is 1. The third-order valence-electron chi connectivity index (χ3n) is 3.60. The van der Waals surface area contributed by atoms with Crippen LogP contribution < -0.4 is 10.5 Å². The zero-order valence-corrected chi connectivity index (χ0v) is 11.9. The largest absolute Gasteiger partial charge is 0.489 e. The van der Waals surface area contributed by atoms with Crippen LogP contribution in [0.4, 0.5) is 5.69 Å². The van der Waals surface area contributed by atoms with Crippen molar-refractivity contribution >= 4 is 21.6 Å². The second kappa shape index (κ2) is 5.76. The minimum Gasteiger partial charge on any atom is -0.489 e. The van der Waals surface area contributed by atoms with Gasteiger partial charge in [0.2, 0.25) is 0 Å². The van der Waals surface area contributed by atoms with Crippen LogP contribution in [-0.2, 0) is 0 Å². The molecule has 0 saturated heterocycles. The summed E-state index contributed by atoms with van der Waals surface area (Å²) < 4.78 is 7.10. The molecule has 0 spiro atoms. The van der Waals surface area contributed by atoms with Gasteiger partial charge in [-0.15, -0.1) is 0 Å². The van der Waals surface area contributed by atoms with E-state index in [1.807, 2.05) is 18.2 Å². The Labute approximate surface area is 112 Å². The van der Waals surface area contributed by atoms with Gasteiger partial charge in [-0.25, -0.2) is 0 Å². The predicted molar refractivity (Wildman–Crippen MR) is 75.2 cm³/mol. The van der Waals surface area contributed by atoms with Crippen LogP contribution in [0.5, 0.6) is 5.75 Å². The van der Waals surface area contributed by atoms with Crippen LogP contribution >= 0.6 is 15.9 Å². The van der Waals surface area contributed by atoms with Crippen molar-refractivity contribution in [2.24, 2.45) is 5.92 Å². The smallest absolute Gasteiger partial charge is 0.134 e. The SMILES string of the molecule is CCC1CCCCC1Oc1ccc(N)cc1Br. The van der Waals surface area contributed by atoms with E-state index in [4.69, 9.17) is 10.5 Å². The van der Waals surface area contributed by atoms with Crippen molar-refractivity contribution in [3.8, 4) is 5.75 Å².